The molecule has 0 amide bonds. The summed E-state index contributed by atoms with van der Waals surface area (Å²) < 4.78 is 0. The summed E-state index contributed by atoms with van der Waals surface area (Å²) in [7, 11) is 0. The van der Waals surface area contributed by atoms with Crippen LogP contribution in [0.2, 0.25) is 0 Å². The lowest BCUT2D eigenvalue weighted by Crippen LogP contribution is -2.62. The van der Waals surface area contributed by atoms with E-state index in [4.69, 9.17) is 0 Å². The maximum Gasteiger partial charge on any atom is 0.333 e. The SMILES string of the molecule is CCCCc1ccc(N(c2ccc(CCCC)cc2)c2ccc3c(c2)B2c4c(cc5c(c4-c4ccccc4N2c2cccc(-c4ccccc4)c2)C(C)(C)c2ccccc2-5)N3c2ccc(-c3ccccc3)cc2C)cc1. The fourth-order valence-corrected chi connectivity index (χ4v) is 12.9. The van der Waals surface area contributed by atoms with Gasteiger partial charge in [0.15, 0.2) is 0 Å². The van der Waals surface area contributed by atoms with Gasteiger partial charge in [0.25, 0.3) is 0 Å². The zero-order chi connectivity index (χ0) is 51.5. The van der Waals surface area contributed by atoms with Crippen LogP contribution in [-0.2, 0) is 18.3 Å². The van der Waals surface area contributed by atoms with E-state index in [9.17, 15) is 0 Å². The summed E-state index contributed by atoms with van der Waals surface area (Å²) in [5, 5.41) is 0. The van der Waals surface area contributed by atoms with E-state index in [1.165, 1.54) is 132 Å². The quantitative estimate of drug-likeness (QED) is 0.107. The van der Waals surface area contributed by atoms with Crippen molar-refractivity contribution >= 4 is 63.3 Å². The molecule has 0 saturated heterocycles. The van der Waals surface area contributed by atoms with Crippen LogP contribution in [0.3, 0.4) is 0 Å². The second-order valence-electron chi connectivity index (χ2n) is 21.8. The maximum absolute atomic E-state index is 2.68. The Hall–Kier alpha value is -8.34. The molecule has 0 saturated carbocycles. The van der Waals surface area contributed by atoms with Crippen LogP contribution in [0.15, 0.2) is 224 Å². The fraction of sp³-hybridized carbons (Fsp3) is 0.167. The Morgan fingerprint density at radius 1 is 0.447 bits per heavy atom. The lowest BCUT2D eigenvalue weighted by molar-refractivity contribution is 0.662. The molecule has 10 aromatic carbocycles. The number of hydrogen-bond acceptors (Lipinski definition) is 3. The van der Waals surface area contributed by atoms with Gasteiger partial charge in [-0.1, -0.05) is 186 Å². The number of aryl methyl sites for hydroxylation is 3. The van der Waals surface area contributed by atoms with E-state index in [-0.39, 0.29) is 12.3 Å². The second kappa shape index (κ2) is 19.4. The van der Waals surface area contributed by atoms with Gasteiger partial charge in [0.1, 0.15) is 0 Å². The zero-order valence-corrected chi connectivity index (χ0v) is 44.5. The molecular formula is C72H64BN3. The van der Waals surface area contributed by atoms with Crippen LogP contribution in [0.4, 0.5) is 45.5 Å². The number of fused-ring (bicyclic) bond motifs is 8. The molecule has 3 nitrogen and oxygen atoms in total. The summed E-state index contributed by atoms with van der Waals surface area (Å²) in [6.07, 6.45) is 6.89. The van der Waals surface area contributed by atoms with Crippen molar-refractivity contribution in [3.05, 3.63) is 252 Å². The largest absolute Gasteiger partial charge is 0.376 e. The first-order valence-electron chi connectivity index (χ1n) is 27.7. The smallest absolute Gasteiger partial charge is 0.333 e. The van der Waals surface area contributed by atoms with E-state index in [2.05, 4.69) is 274 Å². The van der Waals surface area contributed by atoms with Crippen LogP contribution in [0.5, 0.6) is 0 Å². The van der Waals surface area contributed by atoms with Crippen molar-refractivity contribution in [3.8, 4) is 44.5 Å². The first kappa shape index (κ1) is 47.4. The molecule has 76 heavy (non-hydrogen) atoms. The van der Waals surface area contributed by atoms with Crippen LogP contribution in [0, 0.1) is 6.92 Å². The van der Waals surface area contributed by atoms with Crippen molar-refractivity contribution in [2.24, 2.45) is 0 Å². The predicted molar refractivity (Wildman–Crippen MR) is 325 cm³/mol. The fourth-order valence-electron chi connectivity index (χ4n) is 12.9. The molecule has 10 aromatic rings. The van der Waals surface area contributed by atoms with Gasteiger partial charge in [0.2, 0.25) is 0 Å². The molecule has 13 rings (SSSR count). The van der Waals surface area contributed by atoms with E-state index in [0.29, 0.717) is 0 Å². The minimum atomic E-state index is -0.257. The molecule has 0 aromatic heterocycles. The number of unbranched alkanes of at least 4 members (excludes halogenated alkanes) is 2. The van der Waals surface area contributed by atoms with Crippen molar-refractivity contribution in [2.75, 3.05) is 14.6 Å². The third-order valence-electron chi connectivity index (χ3n) is 16.7. The van der Waals surface area contributed by atoms with Crippen molar-refractivity contribution in [1.29, 1.82) is 0 Å². The Balaban J connectivity index is 1.11. The third kappa shape index (κ3) is 7.97. The highest BCUT2D eigenvalue weighted by atomic mass is 15.2. The van der Waals surface area contributed by atoms with Gasteiger partial charge in [-0.05, 0) is 189 Å². The molecule has 4 heteroatoms. The summed E-state index contributed by atoms with van der Waals surface area (Å²) in [5.74, 6) is 0. The zero-order valence-electron chi connectivity index (χ0n) is 44.5. The number of benzene rings is 10. The predicted octanol–water partition coefficient (Wildman–Crippen LogP) is 18.5. The molecule has 0 atom stereocenters. The first-order chi connectivity index (χ1) is 37.3. The first-order valence-corrected chi connectivity index (χ1v) is 27.7. The average Bonchev–Trinajstić information content (AvgIpc) is 3.85. The van der Waals surface area contributed by atoms with E-state index in [0.717, 1.165) is 35.6 Å². The van der Waals surface area contributed by atoms with Gasteiger partial charge in [-0.15, -0.1) is 0 Å². The lowest BCUT2D eigenvalue weighted by atomic mass is 9.42. The van der Waals surface area contributed by atoms with Crippen molar-refractivity contribution < 1.29 is 0 Å². The highest BCUT2D eigenvalue weighted by Gasteiger charge is 2.50. The van der Waals surface area contributed by atoms with Crippen LogP contribution in [0.25, 0.3) is 44.5 Å². The molecule has 2 heterocycles. The Morgan fingerprint density at radius 3 is 1.66 bits per heavy atom. The average molecular weight is 982 g/mol. The molecule has 0 N–H and O–H groups in total. The highest BCUT2D eigenvalue weighted by Crippen LogP contribution is 2.58. The van der Waals surface area contributed by atoms with Crippen molar-refractivity contribution in [2.45, 2.75) is 78.6 Å². The van der Waals surface area contributed by atoms with Gasteiger partial charge < -0.3 is 14.6 Å². The maximum atomic E-state index is 2.68. The van der Waals surface area contributed by atoms with Crippen LogP contribution < -0.4 is 25.5 Å². The molecular weight excluding hydrogens is 918 g/mol. The summed E-state index contributed by atoms with van der Waals surface area (Å²) in [4.78, 5) is 7.79. The van der Waals surface area contributed by atoms with Crippen LogP contribution in [0.1, 0.15) is 81.2 Å². The van der Waals surface area contributed by atoms with Crippen molar-refractivity contribution in [3.63, 3.8) is 0 Å². The summed E-state index contributed by atoms with van der Waals surface area (Å²) in [6.45, 7) is 11.6. The molecule has 0 unspecified atom stereocenters. The topological polar surface area (TPSA) is 9.72 Å². The number of rotatable bonds is 13. The molecule has 0 fully saturated rings. The van der Waals surface area contributed by atoms with Gasteiger partial charge in [0, 0.05) is 56.5 Å². The monoisotopic (exact) mass is 982 g/mol. The molecule has 3 aliphatic rings. The Morgan fingerprint density at radius 2 is 1.01 bits per heavy atom. The van der Waals surface area contributed by atoms with E-state index < -0.39 is 0 Å². The van der Waals surface area contributed by atoms with Crippen LogP contribution in [-0.4, -0.2) is 6.85 Å². The summed E-state index contributed by atoms with van der Waals surface area (Å²) in [5.41, 5.74) is 28.6. The van der Waals surface area contributed by atoms with Gasteiger partial charge in [-0.25, -0.2) is 0 Å². The number of hydrogen-bond donors (Lipinski definition) is 0. The van der Waals surface area contributed by atoms with Gasteiger partial charge >= 0.3 is 6.85 Å². The summed E-state index contributed by atoms with van der Waals surface area (Å²) in [6, 6.07) is 85.1. The second-order valence-corrected chi connectivity index (χ2v) is 21.8. The minimum Gasteiger partial charge on any atom is -0.376 e. The molecule has 0 spiro atoms. The Bertz CT molecular complexity index is 3730. The number of anilines is 8. The van der Waals surface area contributed by atoms with Crippen LogP contribution >= 0.6 is 0 Å². The number of nitrogens with zero attached hydrogens (tertiary/aromatic N) is 3. The molecule has 2 aliphatic heterocycles. The molecule has 370 valence electrons. The van der Waals surface area contributed by atoms with Crippen molar-refractivity contribution in [1.82, 2.24) is 0 Å². The van der Waals surface area contributed by atoms with E-state index in [1.807, 2.05) is 0 Å². The molecule has 0 radical (unpaired) electrons. The van der Waals surface area contributed by atoms with Gasteiger partial charge in [-0.2, -0.15) is 0 Å². The van der Waals surface area contributed by atoms with Gasteiger partial charge in [-0.3, -0.25) is 0 Å². The molecule has 1 aliphatic carbocycles. The van der Waals surface area contributed by atoms with E-state index >= 15 is 0 Å². The Labute approximate surface area is 450 Å². The lowest BCUT2D eigenvalue weighted by Gasteiger charge is -2.47. The third-order valence-corrected chi connectivity index (χ3v) is 16.7. The minimum absolute atomic E-state index is 0.194. The van der Waals surface area contributed by atoms with E-state index in [1.54, 1.807) is 0 Å². The normalized spacial score (nSPS) is 13.4. The molecule has 0 bridgehead atoms. The standard InChI is InChI=1S/C72H64BN3/c1-6-8-21-50-33-38-56(39-34-50)74(57-40-35-51(36-41-57)22-9-7-2)58-42-44-67-64(47-58)73-71-68(75(67)65-43-37-55(45-49(65)3)53-25-14-11-15-26-53)48-62-60-29-16-18-31-63(60)72(4,5)70(62)69(71)61-30-17-19-32-66(61)76(73)59-28-20-27-54(46-59)52-23-12-10-13-24-52/h10-20,23-48H,6-9,21-22H2,1-5H3. The number of para-hydroxylation sites is 1. The Kier molecular flexibility index (Phi) is 12.1. The van der Waals surface area contributed by atoms with Gasteiger partial charge in [0.05, 0.1) is 0 Å². The summed E-state index contributed by atoms with van der Waals surface area (Å²) >= 11 is 0. The highest BCUT2D eigenvalue weighted by molar-refractivity contribution is 6.93.